The van der Waals surface area contributed by atoms with E-state index < -0.39 is 6.03 Å². The Labute approximate surface area is 115 Å². The van der Waals surface area contributed by atoms with E-state index >= 15 is 0 Å². The van der Waals surface area contributed by atoms with Gasteiger partial charge in [-0.1, -0.05) is 20.8 Å². The highest BCUT2D eigenvalue weighted by Gasteiger charge is 2.25. The number of hydrogen-bond acceptors (Lipinski definition) is 4. The second kappa shape index (κ2) is 8.12. The fraction of sp³-hybridized carbons (Fsp3) is 0.846. The molecular weight excluding hydrogens is 244 g/mol. The zero-order valence-electron chi connectivity index (χ0n) is 12.2. The molecule has 3 N–H and O–H groups in total. The van der Waals surface area contributed by atoms with E-state index in [1.54, 1.807) is 0 Å². The predicted molar refractivity (Wildman–Crippen MR) is 74.9 cm³/mol. The number of carbonyl (C=O) groups excluding carboxylic acids is 2. The molecule has 0 atom stereocenters. The summed E-state index contributed by atoms with van der Waals surface area (Å²) in [7, 11) is 0. The molecular formula is C13H26N4O2. The van der Waals surface area contributed by atoms with Gasteiger partial charge in [0.2, 0.25) is 5.91 Å². The smallest absolute Gasteiger partial charge is 0.321 e. The first-order valence-electron chi connectivity index (χ1n) is 7.05. The van der Waals surface area contributed by atoms with Gasteiger partial charge in [-0.15, -0.1) is 0 Å². The summed E-state index contributed by atoms with van der Waals surface area (Å²) in [4.78, 5) is 25.4. The van der Waals surface area contributed by atoms with E-state index in [4.69, 9.17) is 0 Å². The molecule has 1 heterocycles. The van der Waals surface area contributed by atoms with Crippen molar-refractivity contribution in [1.29, 1.82) is 0 Å². The van der Waals surface area contributed by atoms with Crippen LogP contribution < -0.4 is 16.0 Å². The molecule has 6 heteroatoms. The lowest BCUT2D eigenvalue weighted by molar-refractivity contribution is -0.122. The molecule has 1 saturated heterocycles. The minimum absolute atomic E-state index is 0.235. The summed E-state index contributed by atoms with van der Waals surface area (Å²) >= 11 is 0. The third-order valence-corrected chi connectivity index (χ3v) is 3.06. The van der Waals surface area contributed by atoms with Gasteiger partial charge >= 0.3 is 6.03 Å². The molecule has 0 radical (unpaired) electrons. The normalized spacial score (nSPS) is 15.4. The van der Waals surface area contributed by atoms with Gasteiger partial charge in [-0.25, -0.2) is 4.79 Å². The Morgan fingerprint density at radius 3 is 2.53 bits per heavy atom. The molecule has 1 aliphatic rings. The third-order valence-electron chi connectivity index (χ3n) is 3.06. The van der Waals surface area contributed by atoms with Crippen molar-refractivity contribution in [3.63, 3.8) is 0 Å². The number of urea groups is 1. The lowest BCUT2D eigenvalue weighted by atomic mass is 10.1. The van der Waals surface area contributed by atoms with Crippen molar-refractivity contribution in [2.75, 3.05) is 32.7 Å². The molecule has 0 spiro atoms. The highest BCUT2D eigenvalue weighted by molar-refractivity contribution is 5.95. The quantitative estimate of drug-likeness (QED) is 0.616. The van der Waals surface area contributed by atoms with E-state index in [0.29, 0.717) is 18.5 Å². The van der Waals surface area contributed by atoms with Crippen molar-refractivity contribution in [3.8, 4) is 0 Å². The summed E-state index contributed by atoms with van der Waals surface area (Å²) in [5.41, 5.74) is 0. The van der Waals surface area contributed by atoms with Gasteiger partial charge < -0.3 is 10.6 Å². The SMILES string of the molecule is CCCN(CC(=O)NC(=O)NCC(C)C)C1CNC1. The summed E-state index contributed by atoms with van der Waals surface area (Å²) in [5, 5.41) is 8.24. The van der Waals surface area contributed by atoms with Crippen LogP contribution in [0.4, 0.5) is 4.79 Å². The molecule has 0 aliphatic carbocycles. The van der Waals surface area contributed by atoms with Crippen LogP contribution in [0.5, 0.6) is 0 Å². The molecule has 3 amide bonds. The van der Waals surface area contributed by atoms with Crippen molar-refractivity contribution < 1.29 is 9.59 Å². The van der Waals surface area contributed by atoms with Crippen LogP contribution in [0, 0.1) is 5.92 Å². The monoisotopic (exact) mass is 270 g/mol. The Kier molecular flexibility index (Phi) is 6.80. The molecule has 0 aromatic carbocycles. The van der Waals surface area contributed by atoms with Crippen molar-refractivity contribution >= 4 is 11.9 Å². The second-order valence-electron chi connectivity index (χ2n) is 5.43. The van der Waals surface area contributed by atoms with E-state index in [2.05, 4.69) is 27.8 Å². The van der Waals surface area contributed by atoms with Crippen molar-refractivity contribution in [3.05, 3.63) is 0 Å². The Morgan fingerprint density at radius 1 is 1.37 bits per heavy atom. The molecule has 1 fully saturated rings. The van der Waals surface area contributed by atoms with Crippen LogP contribution in [0.2, 0.25) is 0 Å². The summed E-state index contributed by atoms with van der Waals surface area (Å²) in [6.07, 6.45) is 1.00. The van der Waals surface area contributed by atoms with Crippen molar-refractivity contribution in [2.45, 2.75) is 33.2 Å². The van der Waals surface area contributed by atoms with Crippen LogP contribution in [0.15, 0.2) is 0 Å². The zero-order chi connectivity index (χ0) is 14.3. The lowest BCUT2D eigenvalue weighted by Crippen LogP contribution is -2.59. The third kappa shape index (κ3) is 6.02. The summed E-state index contributed by atoms with van der Waals surface area (Å²) in [5.74, 6) is 0.139. The molecule has 110 valence electrons. The van der Waals surface area contributed by atoms with Gasteiger partial charge in [-0.05, 0) is 18.9 Å². The minimum atomic E-state index is -0.401. The summed E-state index contributed by atoms with van der Waals surface area (Å²) in [6, 6.07) is 0.0197. The van der Waals surface area contributed by atoms with Crippen molar-refractivity contribution in [1.82, 2.24) is 20.9 Å². The van der Waals surface area contributed by atoms with Crippen LogP contribution in [0.25, 0.3) is 0 Å². The lowest BCUT2D eigenvalue weighted by Gasteiger charge is -2.37. The van der Waals surface area contributed by atoms with Gasteiger partial charge in [0.15, 0.2) is 0 Å². The predicted octanol–water partition coefficient (Wildman–Crippen LogP) is 0.152. The highest BCUT2D eigenvalue weighted by atomic mass is 16.2. The fourth-order valence-corrected chi connectivity index (χ4v) is 1.90. The molecule has 19 heavy (non-hydrogen) atoms. The average molecular weight is 270 g/mol. The first-order chi connectivity index (χ1) is 9.02. The molecule has 0 aromatic heterocycles. The first-order valence-corrected chi connectivity index (χ1v) is 7.05. The number of rotatable bonds is 7. The molecule has 0 aromatic rings. The summed E-state index contributed by atoms with van der Waals surface area (Å²) in [6.45, 7) is 9.70. The Morgan fingerprint density at radius 2 is 2.05 bits per heavy atom. The largest absolute Gasteiger partial charge is 0.338 e. The van der Waals surface area contributed by atoms with Crippen LogP contribution in [0.1, 0.15) is 27.2 Å². The van der Waals surface area contributed by atoms with Crippen LogP contribution >= 0.6 is 0 Å². The maximum Gasteiger partial charge on any atom is 0.321 e. The van der Waals surface area contributed by atoms with Gasteiger partial charge in [0.05, 0.1) is 6.54 Å². The topological polar surface area (TPSA) is 73.5 Å². The van der Waals surface area contributed by atoms with Crippen LogP contribution in [-0.4, -0.2) is 55.6 Å². The Balaban J connectivity index is 2.29. The number of hydrogen-bond donors (Lipinski definition) is 3. The maximum absolute atomic E-state index is 11.8. The van der Waals surface area contributed by atoms with Gasteiger partial charge in [-0.2, -0.15) is 0 Å². The van der Waals surface area contributed by atoms with E-state index in [0.717, 1.165) is 26.1 Å². The molecule has 0 bridgehead atoms. The molecule has 1 aliphatic heterocycles. The standard InChI is InChI=1S/C13H26N4O2/c1-4-5-17(11-7-14-8-11)9-12(18)16-13(19)15-6-10(2)3/h10-11,14H,4-9H2,1-3H3,(H2,15,16,18,19). The zero-order valence-corrected chi connectivity index (χ0v) is 12.2. The van der Waals surface area contributed by atoms with E-state index in [1.165, 1.54) is 0 Å². The van der Waals surface area contributed by atoms with Gasteiger partial charge in [0.1, 0.15) is 0 Å². The number of amides is 3. The first kappa shape index (κ1) is 15.9. The van der Waals surface area contributed by atoms with Gasteiger partial charge in [-0.3, -0.25) is 15.0 Å². The number of carbonyl (C=O) groups is 2. The van der Waals surface area contributed by atoms with E-state index in [1.807, 2.05) is 13.8 Å². The van der Waals surface area contributed by atoms with E-state index in [-0.39, 0.29) is 12.5 Å². The van der Waals surface area contributed by atoms with E-state index in [9.17, 15) is 9.59 Å². The van der Waals surface area contributed by atoms with Gasteiger partial charge in [0, 0.05) is 25.7 Å². The van der Waals surface area contributed by atoms with Crippen LogP contribution in [-0.2, 0) is 4.79 Å². The highest BCUT2D eigenvalue weighted by Crippen LogP contribution is 2.05. The number of nitrogens with one attached hydrogen (secondary N) is 3. The minimum Gasteiger partial charge on any atom is -0.338 e. The fourth-order valence-electron chi connectivity index (χ4n) is 1.90. The van der Waals surface area contributed by atoms with Crippen molar-refractivity contribution in [2.24, 2.45) is 5.92 Å². The Bertz CT molecular complexity index is 303. The average Bonchev–Trinajstić information content (AvgIpc) is 2.24. The number of imide groups is 1. The van der Waals surface area contributed by atoms with Crippen LogP contribution in [0.3, 0.4) is 0 Å². The maximum atomic E-state index is 11.8. The molecule has 0 saturated carbocycles. The number of nitrogens with zero attached hydrogens (tertiary/aromatic N) is 1. The van der Waals surface area contributed by atoms with Gasteiger partial charge in [0.25, 0.3) is 0 Å². The molecule has 0 unspecified atom stereocenters. The second-order valence-corrected chi connectivity index (χ2v) is 5.43. The summed E-state index contributed by atoms with van der Waals surface area (Å²) < 4.78 is 0. The molecule has 6 nitrogen and oxygen atoms in total. The molecule has 1 rings (SSSR count). The Hall–Kier alpha value is -1.14.